The molecule has 2 aliphatic heterocycles. The lowest BCUT2D eigenvalue weighted by atomic mass is 10.1. The summed E-state index contributed by atoms with van der Waals surface area (Å²) >= 11 is 6.59. The number of carbonyl (C=O) groups excluding carboxylic acids is 1. The fraction of sp³-hybridized carbons (Fsp3) is 0.431. The number of aldehydes is 1. The molecular formula is C72H92Br2O12Si2. The summed E-state index contributed by atoms with van der Waals surface area (Å²) in [6, 6.07) is 57.9. The van der Waals surface area contributed by atoms with Crippen LogP contribution in [0, 0.1) is 11.8 Å². The van der Waals surface area contributed by atoms with E-state index in [-0.39, 0.29) is 22.3 Å². The zero-order valence-electron chi connectivity index (χ0n) is 53.5. The van der Waals surface area contributed by atoms with Crippen LogP contribution in [-0.2, 0) is 55.3 Å². The van der Waals surface area contributed by atoms with Gasteiger partial charge in [-0.3, -0.25) is 0 Å². The van der Waals surface area contributed by atoms with Crippen molar-refractivity contribution in [3.63, 3.8) is 0 Å². The smallest absolute Gasteiger partial charge is 0.261 e. The Hall–Kier alpha value is -5.08. The topological polar surface area (TPSA) is 130 Å². The second-order valence-electron chi connectivity index (χ2n) is 24.6. The number of aliphatic hydroxyl groups excluding tert-OH is 1. The van der Waals surface area contributed by atoms with E-state index < -0.39 is 46.5 Å². The quantitative estimate of drug-likeness (QED) is 0.0253. The Kier molecular flexibility index (Phi) is 28.1. The highest BCUT2D eigenvalue weighted by molar-refractivity contribution is 9.28. The van der Waals surface area contributed by atoms with Gasteiger partial charge in [0.05, 0.1) is 56.2 Å². The number of methoxy groups -OCH3 is 2. The van der Waals surface area contributed by atoms with Gasteiger partial charge in [0.25, 0.3) is 16.6 Å². The van der Waals surface area contributed by atoms with Gasteiger partial charge >= 0.3 is 0 Å². The molecule has 8 rings (SSSR count). The van der Waals surface area contributed by atoms with Gasteiger partial charge in [-0.15, -0.1) is 0 Å². The lowest BCUT2D eigenvalue weighted by Crippen LogP contribution is -2.66. The molecule has 12 nitrogen and oxygen atoms in total. The first kappa shape index (κ1) is 72.0. The monoisotopic (exact) mass is 1360 g/mol. The van der Waals surface area contributed by atoms with Crippen molar-refractivity contribution in [3.8, 4) is 23.3 Å². The van der Waals surface area contributed by atoms with E-state index in [4.69, 9.17) is 46.7 Å². The van der Waals surface area contributed by atoms with Crippen molar-refractivity contribution < 1.29 is 56.6 Å². The van der Waals surface area contributed by atoms with Crippen LogP contribution < -0.4 is 30.2 Å². The summed E-state index contributed by atoms with van der Waals surface area (Å²) < 4.78 is 60.5. The lowest BCUT2D eigenvalue weighted by molar-refractivity contribution is -0.152. The molecule has 16 heteroatoms. The lowest BCUT2D eigenvalue weighted by Gasteiger charge is -2.43. The highest BCUT2D eigenvalue weighted by atomic mass is 79.9. The standard InChI is InChI=1S/C36H46O6Si.C24H32O4Si.C12H14Br2O2/c1-35(2,3)43(30-15-9-7-10-16-30,31-17-11-8-12-18-31)40-26-24-33-34(42-36(4,5)41-33)32(37)19-13-14-25-39-27-28-20-22-29(38-6)23-21-28;1-23(2,3)29(19-12-8-6-9-13-19,20-14-10-7-11-15-20)26-17-16-21-22(18-25)28-24(4,5)27-21;1-15-11-6-4-10(5-7-11)9-16-8-2-3-12(13)14/h7-12,15-18,20-23,32-34,37H,14,24-27H2,1-6H3;6-15,18,21-22H,16-17H2,1-5H3;3-7H,2,8-9H2,1H3/t32?,33-,34?;21-,22?;/m00./s1. The van der Waals surface area contributed by atoms with E-state index in [1.165, 1.54) is 20.7 Å². The van der Waals surface area contributed by atoms with Crippen LogP contribution in [0.25, 0.3) is 0 Å². The molecule has 474 valence electrons. The maximum absolute atomic E-state index is 11.4. The van der Waals surface area contributed by atoms with Crippen LogP contribution in [0.3, 0.4) is 0 Å². The minimum Gasteiger partial charge on any atom is -0.497 e. The van der Waals surface area contributed by atoms with Gasteiger partial charge in [0.15, 0.2) is 17.9 Å². The van der Waals surface area contributed by atoms with E-state index in [2.05, 4.69) is 182 Å². The zero-order chi connectivity index (χ0) is 63.9. The number of aliphatic hydroxyl groups is 1. The van der Waals surface area contributed by atoms with Gasteiger partial charge in [-0.1, -0.05) is 205 Å². The summed E-state index contributed by atoms with van der Waals surface area (Å²) in [4.78, 5) is 11.4. The molecule has 0 saturated carbocycles. The van der Waals surface area contributed by atoms with Crippen molar-refractivity contribution in [1.82, 2.24) is 0 Å². The second kappa shape index (κ2) is 34.4. The number of ether oxygens (including phenoxy) is 8. The summed E-state index contributed by atoms with van der Waals surface area (Å²) in [5.41, 5.74) is 2.22. The SMILES string of the molecule is CC1(C)OC(C=O)[C@H](CCO[Si](c2ccccc2)(c2ccccc2)C(C)(C)C)O1.COc1ccc(COCCC#CC(O)C2OC(C)(C)O[C@H]2CCO[Si](c2ccccc2)(c2ccccc2)C(C)(C)C)cc1.COc1ccc(COCCC=C(Br)Br)cc1. The number of hydrogen-bond acceptors (Lipinski definition) is 12. The number of rotatable bonds is 25. The van der Waals surface area contributed by atoms with Gasteiger partial charge in [0.1, 0.15) is 29.8 Å². The van der Waals surface area contributed by atoms with Crippen LogP contribution in [0.4, 0.5) is 0 Å². The van der Waals surface area contributed by atoms with Crippen molar-refractivity contribution in [1.29, 1.82) is 0 Å². The van der Waals surface area contributed by atoms with Crippen LogP contribution in [0.5, 0.6) is 11.5 Å². The number of halogens is 2. The van der Waals surface area contributed by atoms with Crippen LogP contribution in [0.1, 0.15) is 106 Å². The predicted octanol–water partition coefficient (Wildman–Crippen LogP) is 13.4. The van der Waals surface area contributed by atoms with Gasteiger partial charge in [0.2, 0.25) is 0 Å². The first-order chi connectivity index (χ1) is 42.0. The summed E-state index contributed by atoms with van der Waals surface area (Å²) in [5.74, 6) is 6.14. The molecule has 88 heavy (non-hydrogen) atoms. The van der Waals surface area contributed by atoms with Crippen LogP contribution in [-0.4, -0.2) is 111 Å². The van der Waals surface area contributed by atoms with Crippen LogP contribution in [0.15, 0.2) is 179 Å². The number of hydrogen-bond donors (Lipinski definition) is 1. The molecule has 6 aromatic rings. The summed E-state index contributed by atoms with van der Waals surface area (Å²) in [7, 11) is -1.94. The van der Waals surface area contributed by atoms with Crippen LogP contribution >= 0.6 is 31.9 Å². The molecule has 6 aromatic carbocycles. The Balaban J connectivity index is 0.000000235. The minimum atomic E-state index is -2.68. The fourth-order valence-corrected chi connectivity index (χ4v) is 20.8. The average molecular weight is 1370 g/mol. The maximum Gasteiger partial charge on any atom is 0.261 e. The normalized spacial score (nSPS) is 18.3. The van der Waals surface area contributed by atoms with Gasteiger partial charge < -0.3 is 56.6 Å². The van der Waals surface area contributed by atoms with Crippen molar-refractivity contribution in [2.24, 2.45) is 0 Å². The first-order valence-electron chi connectivity index (χ1n) is 30.2. The van der Waals surface area contributed by atoms with Gasteiger partial charge in [0, 0.05) is 19.6 Å². The fourth-order valence-electron chi connectivity index (χ4n) is 11.2. The average Bonchev–Trinajstić information content (AvgIpc) is 2.64. The molecular weight excluding hydrogens is 1270 g/mol. The molecule has 3 unspecified atom stereocenters. The van der Waals surface area contributed by atoms with E-state index >= 15 is 0 Å². The Morgan fingerprint density at radius 2 is 0.943 bits per heavy atom. The van der Waals surface area contributed by atoms with E-state index in [9.17, 15) is 9.90 Å². The minimum absolute atomic E-state index is 0.0773. The third kappa shape index (κ3) is 20.7. The predicted molar refractivity (Wildman–Crippen MR) is 364 cm³/mol. The highest BCUT2D eigenvalue weighted by Crippen LogP contribution is 2.40. The molecule has 0 radical (unpaired) electrons. The molecule has 2 heterocycles. The molecule has 0 amide bonds. The highest BCUT2D eigenvalue weighted by Gasteiger charge is 2.52. The molecule has 2 aliphatic rings. The van der Waals surface area contributed by atoms with Crippen molar-refractivity contribution in [3.05, 3.63) is 190 Å². The summed E-state index contributed by atoms with van der Waals surface area (Å²) in [6.07, 6.45) is 2.67. The Labute approximate surface area is 543 Å². The maximum atomic E-state index is 11.4. The third-order valence-electron chi connectivity index (χ3n) is 15.2. The summed E-state index contributed by atoms with van der Waals surface area (Å²) in [5, 5.41) is 15.8. The zero-order valence-corrected chi connectivity index (χ0v) is 58.6. The van der Waals surface area contributed by atoms with E-state index in [0.717, 1.165) is 38.7 Å². The molecule has 2 fully saturated rings. The van der Waals surface area contributed by atoms with E-state index in [1.807, 2.05) is 107 Å². The van der Waals surface area contributed by atoms with Crippen LogP contribution in [0.2, 0.25) is 10.1 Å². The van der Waals surface area contributed by atoms with Crippen molar-refractivity contribution in [2.75, 3.05) is 40.6 Å². The van der Waals surface area contributed by atoms with Gasteiger partial charge in [-0.05, 0) is 145 Å². The molecule has 0 aliphatic carbocycles. The molecule has 0 bridgehead atoms. The van der Waals surface area contributed by atoms with Gasteiger partial charge in [-0.2, -0.15) is 0 Å². The van der Waals surface area contributed by atoms with E-state index in [1.54, 1.807) is 14.2 Å². The van der Waals surface area contributed by atoms with Crippen molar-refractivity contribution >= 4 is 75.5 Å². The summed E-state index contributed by atoms with van der Waals surface area (Å²) in [6.45, 7) is 24.3. The molecule has 2 saturated heterocycles. The first-order valence-corrected chi connectivity index (χ1v) is 35.6. The molecule has 0 spiro atoms. The Morgan fingerprint density at radius 1 is 0.557 bits per heavy atom. The van der Waals surface area contributed by atoms with Crippen molar-refractivity contribution in [2.45, 2.75) is 160 Å². The molecule has 5 atom stereocenters. The second-order valence-corrected chi connectivity index (χ2v) is 36.0. The van der Waals surface area contributed by atoms with E-state index in [0.29, 0.717) is 58.9 Å². The Bertz CT molecular complexity index is 2990. The third-order valence-corrected chi connectivity index (χ3v) is 25.9. The molecule has 0 aromatic heterocycles. The number of benzene rings is 6. The Morgan fingerprint density at radius 3 is 1.33 bits per heavy atom. The molecule has 1 N–H and O–H groups in total. The van der Waals surface area contributed by atoms with Gasteiger partial charge in [-0.25, -0.2) is 0 Å². The largest absolute Gasteiger partial charge is 0.497 e. The number of carbonyl (C=O) groups is 1.